The summed E-state index contributed by atoms with van der Waals surface area (Å²) in [5, 5.41) is 20.8. The number of pyridine rings is 1. The average Bonchev–Trinajstić information content (AvgIpc) is 3.39. The Labute approximate surface area is 205 Å². The van der Waals surface area contributed by atoms with Gasteiger partial charge in [0.25, 0.3) is 0 Å². The first-order valence-electron chi connectivity index (χ1n) is 10.3. The number of rotatable bonds is 9. The first-order chi connectivity index (χ1) is 16.2. The van der Waals surface area contributed by atoms with Crippen LogP contribution in [0.1, 0.15) is 39.3 Å². The van der Waals surface area contributed by atoms with E-state index in [1.54, 1.807) is 12.3 Å². The van der Waals surface area contributed by atoms with Gasteiger partial charge in [-0.15, -0.1) is 11.3 Å². The minimum atomic E-state index is -4.09. The summed E-state index contributed by atoms with van der Waals surface area (Å²) in [6.45, 7) is -0.214. The summed E-state index contributed by atoms with van der Waals surface area (Å²) in [6, 6.07) is 5.19. The number of aromatic nitrogens is 3. The monoisotopic (exact) mass is 523 g/mol. The van der Waals surface area contributed by atoms with E-state index < -0.39 is 22.3 Å². The van der Waals surface area contributed by atoms with Crippen LogP contribution in [-0.4, -0.2) is 53.0 Å². The molecule has 0 spiro atoms. The maximum Gasteiger partial charge on any atom is 0.333 e. The zero-order valence-corrected chi connectivity index (χ0v) is 20.2. The third kappa shape index (κ3) is 6.34. The third-order valence-electron chi connectivity index (χ3n) is 5.45. The Morgan fingerprint density at radius 2 is 2.12 bits per heavy atom. The number of hydrogen-bond acceptors (Lipinski definition) is 10. The van der Waals surface area contributed by atoms with Crippen molar-refractivity contribution in [1.82, 2.24) is 15.0 Å². The molecule has 0 aromatic carbocycles. The standard InChI is InChI=1S/C21H22ClN5O5S2/c22-14-1-2-15(25-7-14)3-12-4-19(33-10-12)20(29)17-8-24-11-26-21(17)27-16-5-13(18(28)6-16)9-32-34(23,30)31/h1-2,4,7-8,10-11,13,16,18,28H,3,5-6,9H2,(H2,23,30,31)(H,24,26,27)/t13-,16-,18+/m1/s1. The second-order valence-corrected chi connectivity index (χ2v) is 10.6. The summed E-state index contributed by atoms with van der Waals surface area (Å²) in [4.78, 5) is 26.2. The molecular weight excluding hydrogens is 502 g/mol. The van der Waals surface area contributed by atoms with Crippen molar-refractivity contribution in [2.45, 2.75) is 31.4 Å². The van der Waals surface area contributed by atoms with Gasteiger partial charge in [0.1, 0.15) is 12.1 Å². The zero-order valence-electron chi connectivity index (χ0n) is 17.8. The highest BCUT2D eigenvalue weighted by atomic mass is 35.5. The first-order valence-corrected chi connectivity index (χ1v) is 13.0. The molecule has 1 saturated carbocycles. The largest absolute Gasteiger partial charge is 0.393 e. The van der Waals surface area contributed by atoms with Crippen LogP contribution in [0.4, 0.5) is 5.82 Å². The third-order valence-corrected chi connectivity index (χ3v) is 7.12. The number of carbonyl (C=O) groups excluding carboxylic acids is 1. The van der Waals surface area contributed by atoms with Crippen LogP contribution < -0.4 is 10.5 Å². The minimum absolute atomic E-state index is 0.214. The molecule has 0 saturated heterocycles. The number of nitrogens with zero attached hydrogens (tertiary/aromatic N) is 3. The predicted octanol–water partition coefficient (Wildman–Crippen LogP) is 2.18. The topological polar surface area (TPSA) is 157 Å². The SMILES string of the molecule is NS(=O)(=O)OC[C@H]1C[C@@H](Nc2ncncc2C(=O)c2cc(Cc3ccc(Cl)cn3)cs2)C[C@@H]1O. The van der Waals surface area contributed by atoms with E-state index in [9.17, 15) is 18.3 Å². The number of hydrogen-bond donors (Lipinski definition) is 3. The van der Waals surface area contributed by atoms with Crippen LogP contribution in [-0.2, 0) is 20.9 Å². The van der Waals surface area contributed by atoms with E-state index >= 15 is 0 Å². The molecule has 0 radical (unpaired) electrons. The molecular formula is C21H22ClN5O5S2. The number of aliphatic hydroxyl groups excluding tert-OH is 1. The van der Waals surface area contributed by atoms with Gasteiger partial charge in [0.2, 0.25) is 5.78 Å². The fraction of sp³-hybridized carbons (Fsp3) is 0.333. The number of nitrogens with two attached hydrogens (primary N) is 1. The fourth-order valence-corrected chi connectivity index (χ4v) is 5.17. The van der Waals surface area contributed by atoms with Crippen molar-refractivity contribution >= 4 is 44.8 Å². The fourth-order valence-electron chi connectivity index (χ4n) is 3.83. The van der Waals surface area contributed by atoms with Crippen molar-refractivity contribution in [2.75, 3.05) is 11.9 Å². The maximum absolute atomic E-state index is 13.2. The number of aliphatic hydroxyl groups is 1. The molecule has 10 nitrogen and oxygen atoms in total. The molecule has 0 aliphatic heterocycles. The number of carbonyl (C=O) groups is 1. The van der Waals surface area contributed by atoms with Crippen LogP contribution in [0, 0.1) is 5.92 Å². The lowest BCUT2D eigenvalue weighted by Crippen LogP contribution is -2.24. The molecule has 1 aliphatic rings. The second kappa shape index (κ2) is 10.4. The summed E-state index contributed by atoms with van der Waals surface area (Å²) in [5.41, 5.74) is 2.10. The smallest absolute Gasteiger partial charge is 0.333 e. The Morgan fingerprint density at radius 1 is 1.29 bits per heavy atom. The van der Waals surface area contributed by atoms with Gasteiger partial charge in [-0.05, 0) is 42.0 Å². The highest BCUT2D eigenvalue weighted by Gasteiger charge is 2.34. The molecule has 3 aromatic rings. The predicted molar refractivity (Wildman–Crippen MR) is 127 cm³/mol. The molecule has 3 aromatic heterocycles. The molecule has 4 N–H and O–H groups in total. The Balaban J connectivity index is 1.44. The summed E-state index contributed by atoms with van der Waals surface area (Å²) in [6.07, 6.45) is 4.92. The first kappa shape index (κ1) is 24.6. The van der Waals surface area contributed by atoms with E-state index in [0.717, 1.165) is 11.3 Å². The van der Waals surface area contributed by atoms with Gasteiger partial charge in [-0.1, -0.05) is 11.6 Å². The van der Waals surface area contributed by atoms with E-state index in [1.165, 1.54) is 23.9 Å². The van der Waals surface area contributed by atoms with Crippen LogP contribution in [0.2, 0.25) is 5.02 Å². The van der Waals surface area contributed by atoms with Crippen molar-refractivity contribution < 1.29 is 22.5 Å². The van der Waals surface area contributed by atoms with Crippen LogP contribution in [0.25, 0.3) is 0 Å². The average molecular weight is 524 g/mol. The number of ketones is 1. The van der Waals surface area contributed by atoms with Crippen LogP contribution >= 0.6 is 22.9 Å². The molecule has 1 fully saturated rings. The summed E-state index contributed by atoms with van der Waals surface area (Å²) in [5.74, 6) is -0.297. The lowest BCUT2D eigenvalue weighted by atomic mass is 10.1. The Hall–Kier alpha value is -2.48. The molecule has 0 unspecified atom stereocenters. The Morgan fingerprint density at radius 3 is 2.85 bits per heavy atom. The lowest BCUT2D eigenvalue weighted by Gasteiger charge is -2.15. The van der Waals surface area contributed by atoms with Gasteiger partial charge < -0.3 is 10.4 Å². The molecule has 1 aliphatic carbocycles. The van der Waals surface area contributed by atoms with E-state index in [-0.39, 0.29) is 18.4 Å². The van der Waals surface area contributed by atoms with Crippen molar-refractivity contribution in [1.29, 1.82) is 0 Å². The highest BCUT2D eigenvalue weighted by molar-refractivity contribution is 7.84. The summed E-state index contributed by atoms with van der Waals surface area (Å²) < 4.78 is 26.7. The van der Waals surface area contributed by atoms with Crippen molar-refractivity contribution in [3.63, 3.8) is 0 Å². The lowest BCUT2D eigenvalue weighted by molar-refractivity contribution is 0.101. The number of nitrogens with one attached hydrogen (secondary N) is 1. The van der Waals surface area contributed by atoms with Gasteiger partial charge in [0.15, 0.2) is 0 Å². The minimum Gasteiger partial charge on any atom is -0.393 e. The molecule has 0 amide bonds. The zero-order chi connectivity index (χ0) is 24.3. The van der Waals surface area contributed by atoms with Crippen molar-refractivity contribution in [2.24, 2.45) is 11.1 Å². The molecule has 3 atom stereocenters. The molecule has 0 bridgehead atoms. The molecule has 3 heterocycles. The maximum atomic E-state index is 13.2. The van der Waals surface area contributed by atoms with Gasteiger partial charge >= 0.3 is 10.3 Å². The number of halogens is 1. The second-order valence-electron chi connectivity index (χ2n) is 8.00. The van der Waals surface area contributed by atoms with Gasteiger partial charge in [-0.25, -0.2) is 15.1 Å². The van der Waals surface area contributed by atoms with Crippen molar-refractivity contribution in [3.8, 4) is 0 Å². The molecule has 4 rings (SSSR count). The quantitative estimate of drug-likeness (QED) is 0.357. The Bertz CT molecular complexity index is 1270. The van der Waals surface area contributed by atoms with E-state index in [2.05, 4.69) is 24.5 Å². The molecule has 34 heavy (non-hydrogen) atoms. The van der Waals surface area contributed by atoms with Crippen LogP contribution in [0.5, 0.6) is 0 Å². The van der Waals surface area contributed by atoms with Gasteiger partial charge in [0.05, 0.1) is 28.2 Å². The number of thiophene rings is 1. The normalized spacial score (nSPS) is 20.4. The van der Waals surface area contributed by atoms with Gasteiger partial charge in [-0.3, -0.25) is 14.0 Å². The molecule has 180 valence electrons. The number of anilines is 1. The van der Waals surface area contributed by atoms with E-state index in [0.29, 0.717) is 40.5 Å². The summed E-state index contributed by atoms with van der Waals surface area (Å²) in [7, 11) is -4.09. The molecule has 13 heteroatoms. The van der Waals surface area contributed by atoms with Crippen LogP contribution in [0.3, 0.4) is 0 Å². The highest BCUT2D eigenvalue weighted by Crippen LogP contribution is 2.30. The van der Waals surface area contributed by atoms with Crippen LogP contribution in [0.15, 0.2) is 42.3 Å². The van der Waals surface area contributed by atoms with E-state index in [4.69, 9.17) is 16.7 Å². The van der Waals surface area contributed by atoms with Gasteiger partial charge in [0, 0.05) is 36.5 Å². The summed E-state index contributed by atoms with van der Waals surface area (Å²) >= 11 is 7.21. The van der Waals surface area contributed by atoms with Crippen molar-refractivity contribution in [3.05, 3.63) is 69.0 Å². The Kier molecular flexibility index (Phi) is 7.55. The van der Waals surface area contributed by atoms with E-state index in [1.807, 2.05) is 17.5 Å². The van der Waals surface area contributed by atoms with Gasteiger partial charge in [-0.2, -0.15) is 8.42 Å².